The van der Waals surface area contributed by atoms with E-state index in [0.717, 1.165) is 34.1 Å². The molecule has 54 heavy (non-hydrogen) atoms. The zero-order chi connectivity index (χ0) is 36.4. The fourth-order valence-electron chi connectivity index (χ4n) is 7.68. The van der Waals surface area contributed by atoms with Gasteiger partial charge in [-0.3, -0.25) is 0 Å². The maximum atomic E-state index is 2.45. The number of nitrogens with zero attached hydrogens (tertiary/aromatic N) is 2. The van der Waals surface area contributed by atoms with Gasteiger partial charge in [-0.15, -0.1) is 0 Å². The van der Waals surface area contributed by atoms with E-state index in [9.17, 15) is 0 Å². The molecule has 0 saturated carbocycles. The van der Waals surface area contributed by atoms with Gasteiger partial charge in [0.05, 0.1) is 11.4 Å². The molecule has 0 fully saturated rings. The van der Waals surface area contributed by atoms with Gasteiger partial charge in [-0.05, 0) is 84.6 Å². The van der Waals surface area contributed by atoms with Gasteiger partial charge in [-0.2, -0.15) is 0 Å². The first-order chi connectivity index (χ1) is 26.6. The quantitative estimate of drug-likeness (QED) is 0.116. The number of rotatable bonds is 8. The molecule has 2 heteroatoms. The van der Waals surface area contributed by atoms with Gasteiger partial charge < -0.3 is 9.80 Å². The van der Waals surface area contributed by atoms with Crippen molar-refractivity contribution in [2.75, 3.05) is 9.80 Å². The molecule has 0 radical (unpaired) electrons. The number of anilines is 6. The first-order valence-electron chi connectivity index (χ1n) is 18.6. The molecule has 0 aromatic heterocycles. The maximum absolute atomic E-state index is 2.45. The average molecular weight is 693 g/mol. The Morgan fingerprint density at radius 3 is 0.926 bits per heavy atom. The first kappa shape index (κ1) is 33.0. The van der Waals surface area contributed by atoms with Crippen LogP contribution in [0.3, 0.4) is 0 Å². The van der Waals surface area contributed by atoms with Gasteiger partial charge in [-0.25, -0.2) is 0 Å². The lowest BCUT2D eigenvalue weighted by Crippen LogP contribution is -2.14. The molecular formula is C52H40N2. The van der Waals surface area contributed by atoms with Gasteiger partial charge in [0.1, 0.15) is 0 Å². The third kappa shape index (κ3) is 6.18. The zero-order valence-corrected chi connectivity index (χ0v) is 30.5. The Morgan fingerprint density at radius 2 is 0.574 bits per heavy atom. The highest BCUT2D eigenvalue weighted by Gasteiger charge is 2.25. The topological polar surface area (TPSA) is 6.48 Å². The highest BCUT2D eigenvalue weighted by molar-refractivity contribution is 6.23. The van der Waals surface area contributed by atoms with Crippen molar-refractivity contribution in [2.45, 2.75) is 13.8 Å². The summed E-state index contributed by atoms with van der Waals surface area (Å²) >= 11 is 0. The molecule has 0 aliphatic carbocycles. The van der Waals surface area contributed by atoms with E-state index in [0.29, 0.717) is 0 Å². The van der Waals surface area contributed by atoms with Crippen molar-refractivity contribution >= 4 is 55.7 Å². The van der Waals surface area contributed by atoms with Crippen molar-refractivity contribution in [3.05, 3.63) is 217 Å². The second-order valence-electron chi connectivity index (χ2n) is 14.0. The van der Waals surface area contributed by atoms with Gasteiger partial charge in [-0.1, -0.05) is 169 Å². The first-order valence-corrected chi connectivity index (χ1v) is 18.6. The van der Waals surface area contributed by atoms with Gasteiger partial charge in [0.25, 0.3) is 0 Å². The van der Waals surface area contributed by atoms with Crippen LogP contribution in [-0.4, -0.2) is 0 Å². The molecule has 0 bridgehead atoms. The van der Waals surface area contributed by atoms with E-state index in [2.05, 4.69) is 230 Å². The summed E-state index contributed by atoms with van der Waals surface area (Å²) in [7, 11) is 0. The number of benzene rings is 9. The van der Waals surface area contributed by atoms with Crippen LogP contribution in [0.15, 0.2) is 206 Å². The van der Waals surface area contributed by atoms with E-state index in [1.807, 2.05) is 0 Å². The summed E-state index contributed by atoms with van der Waals surface area (Å²) < 4.78 is 0. The highest BCUT2D eigenvalue weighted by atomic mass is 15.2. The average Bonchev–Trinajstić information content (AvgIpc) is 3.24. The summed E-state index contributed by atoms with van der Waals surface area (Å²) in [5, 5.41) is 4.70. The standard InChI is InChI=1S/C52H40N2/c1-37-27-31-43(32-28-37)53(45-21-13-19-41(35-45)39-15-5-3-6-16-39)51-47-23-9-11-25-49(47)52(50-26-12-10-24-48(50)51)54(44-33-29-38(2)30-34-44)46-22-14-20-42(36-46)40-17-7-4-8-18-40/h3-36H,1-2H3. The van der Waals surface area contributed by atoms with Crippen molar-refractivity contribution in [3.63, 3.8) is 0 Å². The van der Waals surface area contributed by atoms with Crippen molar-refractivity contribution in [1.29, 1.82) is 0 Å². The van der Waals surface area contributed by atoms with E-state index in [-0.39, 0.29) is 0 Å². The Hall–Kier alpha value is -6.90. The van der Waals surface area contributed by atoms with Crippen molar-refractivity contribution in [3.8, 4) is 22.3 Å². The Balaban J connectivity index is 1.35. The summed E-state index contributed by atoms with van der Waals surface area (Å²) in [6.07, 6.45) is 0. The van der Waals surface area contributed by atoms with Crippen LogP contribution in [0.25, 0.3) is 43.8 Å². The van der Waals surface area contributed by atoms with Crippen LogP contribution in [0.4, 0.5) is 34.1 Å². The summed E-state index contributed by atoms with van der Waals surface area (Å²) in [5.41, 5.74) is 13.9. The SMILES string of the molecule is Cc1ccc(N(c2cccc(-c3ccccc3)c2)c2c3ccccc3c(N(c3ccc(C)cc3)c3cccc(-c4ccccc4)c3)c3ccccc23)cc1. The highest BCUT2D eigenvalue weighted by Crippen LogP contribution is 2.51. The second kappa shape index (κ2) is 14.3. The van der Waals surface area contributed by atoms with E-state index in [1.165, 1.54) is 54.9 Å². The number of fused-ring (bicyclic) bond motifs is 2. The monoisotopic (exact) mass is 692 g/mol. The van der Waals surface area contributed by atoms with Crippen LogP contribution < -0.4 is 9.80 Å². The van der Waals surface area contributed by atoms with Crippen LogP contribution >= 0.6 is 0 Å². The van der Waals surface area contributed by atoms with E-state index in [4.69, 9.17) is 0 Å². The van der Waals surface area contributed by atoms with Crippen molar-refractivity contribution < 1.29 is 0 Å². The van der Waals surface area contributed by atoms with Gasteiger partial charge in [0.2, 0.25) is 0 Å². The molecule has 0 N–H and O–H groups in total. The Labute approximate surface area is 317 Å². The fraction of sp³-hybridized carbons (Fsp3) is 0.0385. The van der Waals surface area contributed by atoms with Crippen molar-refractivity contribution in [1.82, 2.24) is 0 Å². The molecule has 9 aromatic carbocycles. The molecule has 0 aliphatic heterocycles. The van der Waals surface area contributed by atoms with Gasteiger partial charge in [0.15, 0.2) is 0 Å². The molecule has 0 atom stereocenters. The molecular weight excluding hydrogens is 653 g/mol. The predicted octanol–water partition coefficient (Wildman–Crippen LogP) is 14.9. The molecule has 9 aromatic rings. The lowest BCUT2D eigenvalue weighted by atomic mass is 9.94. The van der Waals surface area contributed by atoms with Crippen LogP contribution in [0.1, 0.15) is 11.1 Å². The molecule has 2 nitrogen and oxygen atoms in total. The maximum Gasteiger partial charge on any atom is 0.0619 e. The molecule has 9 rings (SSSR count). The summed E-state index contributed by atoms with van der Waals surface area (Å²) in [6.45, 7) is 4.30. The third-order valence-electron chi connectivity index (χ3n) is 10.3. The minimum atomic E-state index is 1.11. The third-order valence-corrected chi connectivity index (χ3v) is 10.3. The molecule has 0 unspecified atom stereocenters. The fourth-order valence-corrected chi connectivity index (χ4v) is 7.68. The van der Waals surface area contributed by atoms with E-state index in [1.54, 1.807) is 0 Å². The van der Waals surface area contributed by atoms with Crippen LogP contribution in [0, 0.1) is 13.8 Å². The largest absolute Gasteiger partial charge is 0.309 e. The van der Waals surface area contributed by atoms with Crippen LogP contribution in [0.2, 0.25) is 0 Å². The summed E-state index contributed by atoms with van der Waals surface area (Å²) in [5.74, 6) is 0. The van der Waals surface area contributed by atoms with Crippen LogP contribution in [0.5, 0.6) is 0 Å². The van der Waals surface area contributed by atoms with E-state index < -0.39 is 0 Å². The Morgan fingerprint density at radius 1 is 0.259 bits per heavy atom. The Kier molecular flexibility index (Phi) is 8.70. The van der Waals surface area contributed by atoms with Gasteiger partial charge in [0, 0.05) is 44.3 Å². The smallest absolute Gasteiger partial charge is 0.0619 e. The minimum Gasteiger partial charge on any atom is -0.309 e. The zero-order valence-electron chi connectivity index (χ0n) is 30.5. The molecule has 258 valence electrons. The second-order valence-corrected chi connectivity index (χ2v) is 14.0. The minimum absolute atomic E-state index is 1.11. The number of aryl methyl sites for hydroxylation is 2. The predicted molar refractivity (Wildman–Crippen MR) is 231 cm³/mol. The number of hydrogen-bond acceptors (Lipinski definition) is 2. The van der Waals surface area contributed by atoms with Crippen LogP contribution in [-0.2, 0) is 0 Å². The molecule has 0 spiro atoms. The van der Waals surface area contributed by atoms with Crippen molar-refractivity contribution in [2.24, 2.45) is 0 Å². The van der Waals surface area contributed by atoms with Gasteiger partial charge >= 0.3 is 0 Å². The van der Waals surface area contributed by atoms with E-state index >= 15 is 0 Å². The lowest BCUT2D eigenvalue weighted by Gasteiger charge is -2.33. The molecule has 0 heterocycles. The summed E-state index contributed by atoms with van der Waals surface area (Å²) in [6, 6.07) is 74.8. The molecule has 0 amide bonds. The molecule has 0 aliphatic rings. The Bertz CT molecular complexity index is 2470. The molecule has 0 saturated heterocycles. The summed E-state index contributed by atoms with van der Waals surface area (Å²) in [4.78, 5) is 4.90. The number of hydrogen-bond donors (Lipinski definition) is 0. The lowest BCUT2D eigenvalue weighted by molar-refractivity contribution is 1.28. The normalized spacial score (nSPS) is 11.1.